The van der Waals surface area contributed by atoms with Gasteiger partial charge in [0.1, 0.15) is 5.84 Å². The van der Waals surface area contributed by atoms with E-state index in [1.165, 1.54) is 6.07 Å². The first-order valence-electron chi connectivity index (χ1n) is 8.50. The van der Waals surface area contributed by atoms with Gasteiger partial charge in [0.15, 0.2) is 0 Å². The van der Waals surface area contributed by atoms with E-state index in [-0.39, 0.29) is 29.6 Å². The fourth-order valence-corrected chi connectivity index (χ4v) is 3.98. The lowest BCUT2D eigenvalue weighted by atomic mass is 10.1. The van der Waals surface area contributed by atoms with Gasteiger partial charge in [-0.3, -0.25) is 14.5 Å². The number of methoxy groups -OCH3 is 1. The largest absolute Gasteiger partial charge is 0.380 e. The molecule has 1 aliphatic heterocycles. The van der Waals surface area contributed by atoms with Crippen molar-refractivity contribution < 1.29 is 17.9 Å². The van der Waals surface area contributed by atoms with Gasteiger partial charge in [0.25, 0.3) is 10.0 Å². The number of nitrogens with one attached hydrogen (secondary N) is 2. The zero-order valence-electron chi connectivity index (χ0n) is 14.9. The summed E-state index contributed by atoms with van der Waals surface area (Å²) in [7, 11) is -1.90. The highest BCUT2D eigenvalue weighted by atomic mass is 32.2. The number of hydrogen-bond donors (Lipinski definition) is 2. The van der Waals surface area contributed by atoms with Crippen LogP contribution in [0.15, 0.2) is 58.4 Å². The summed E-state index contributed by atoms with van der Waals surface area (Å²) in [5.41, 5.74) is 2.60. The molecule has 7 nitrogen and oxygen atoms in total. The van der Waals surface area contributed by atoms with Crippen molar-refractivity contribution in [3.8, 4) is 0 Å². The van der Waals surface area contributed by atoms with Crippen molar-refractivity contribution >= 4 is 21.8 Å². The quantitative estimate of drug-likeness (QED) is 0.754. The summed E-state index contributed by atoms with van der Waals surface area (Å²) in [4.78, 5) is 16.4. The molecular weight excluding hydrogens is 366 g/mol. The molecule has 0 unspecified atom stereocenters. The minimum atomic E-state index is -3.55. The maximum atomic E-state index is 12.0. The van der Waals surface area contributed by atoms with E-state index < -0.39 is 10.0 Å². The van der Waals surface area contributed by atoms with Crippen LogP contribution in [0.3, 0.4) is 0 Å². The van der Waals surface area contributed by atoms with Crippen LogP contribution in [0.25, 0.3) is 0 Å². The molecule has 0 saturated carbocycles. The van der Waals surface area contributed by atoms with E-state index >= 15 is 0 Å². The summed E-state index contributed by atoms with van der Waals surface area (Å²) < 4.78 is 31.5. The number of benzene rings is 2. The molecule has 142 valence electrons. The van der Waals surface area contributed by atoms with Crippen LogP contribution in [0, 0.1) is 0 Å². The molecule has 1 amide bonds. The van der Waals surface area contributed by atoms with Crippen molar-refractivity contribution in [2.24, 2.45) is 4.99 Å². The summed E-state index contributed by atoms with van der Waals surface area (Å²) in [6.07, 6.45) is 0.176. The van der Waals surface area contributed by atoms with Gasteiger partial charge in [0.2, 0.25) is 5.91 Å². The molecule has 1 heterocycles. The molecule has 0 aromatic heterocycles. The molecule has 3 rings (SSSR count). The highest BCUT2D eigenvalue weighted by Crippen LogP contribution is 2.22. The Labute approximate surface area is 158 Å². The molecule has 27 heavy (non-hydrogen) atoms. The Morgan fingerprint density at radius 3 is 2.56 bits per heavy atom. The number of nitrogens with zero attached hydrogens (tertiary/aromatic N) is 1. The second-order valence-corrected chi connectivity index (χ2v) is 7.76. The second kappa shape index (κ2) is 8.32. The number of aliphatic imine (C=N–C) groups is 1. The second-order valence-electron chi connectivity index (χ2n) is 6.11. The summed E-state index contributed by atoms with van der Waals surface area (Å²) in [6.45, 7) is 1.18. The van der Waals surface area contributed by atoms with Crippen molar-refractivity contribution in [2.75, 3.05) is 13.7 Å². The smallest absolute Gasteiger partial charge is 0.263 e. The first-order chi connectivity index (χ1) is 13.0. The minimum Gasteiger partial charge on any atom is -0.380 e. The van der Waals surface area contributed by atoms with Crippen LogP contribution in [0.2, 0.25) is 0 Å². The van der Waals surface area contributed by atoms with Crippen LogP contribution in [0.1, 0.15) is 23.1 Å². The number of sulfonamides is 1. The molecule has 8 heteroatoms. The molecular formula is C19H21N3O4S. The average Bonchev–Trinajstić information content (AvgIpc) is 2.92. The topological polar surface area (TPSA) is 96.9 Å². The van der Waals surface area contributed by atoms with Gasteiger partial charge in [-0.25, -0.2) is 8.42 Å². The van der Waals surface area contributed by atoms with Gasteiger partial charge in [0, 0.05) is 25.6 Å². The number of hydrogen-bond acceptors (Lipinski definition) is 5. The zero-order valence-corrected chi connectivity index (χ0v) is 15.8. The van der Waals surface area contributed by atoms with Gasteiger partial charge >= 0.3 is 0 Å². The molecule has 0 atom stereocenters. The summed E-state index contributed by atoms with van der Waals surface area (Å²) in [5.74, 6) is 0.140. The molecule has 0 spiro atoms. The van der Waals surface area contributed by atoms with Gasteiger partial charge in [-0.1, -0.05) is 36.4 Å². The Hall–Kier alpha value is -2.71. The van der Waals surface area contributed by atoms with Crippen molar-refractivity contribution in [3.05, 3.63) is 65.2 Å². The minimum absolute atomic E-state index is 0.144. The van der Waals surface area contributed by atoms with Crippen LogP contribution in [0.5, 0.6) is 0 Å². The predicted molar refractivity (Wildman–Crippen MR) is 102 cm³/mol. The van der Waals surface area contributed by atoms with E-state index in [4.69, 9.17) is 4.74 Å². The van der Waals surface area contributed by atoms with E-state index in [2.05, 4.69) is 15.0 Å². The van der Waals surface area contributed by atoms with E-state index in [9.17, 15) is 13.2 Å². The van der Waals surface area contributed by atoms with Crippen LogP contribution in [-0.4, -0.2) is 33.8 Å². The molecule has 0 radical (unpaired) electrons. The predicted octanol–water partition coefficient (Wildman–Crippen LogP) is 1.58. The van der Waals surface area contributed by atoms with Gasteiger partial charge < -0.3 is 10.1 Å². The summed E-state index contributed by atoms with van der Waals surface area (Å²) >= 11 is 0. The number of amidine groups is 1. The van der Waals surface area contributed by atoms with Crippen LogP contribution >= 0.6 is 0 Å². The Morgan fingerprint density at radius 1 is 1.11 bits per heavy atom. The van der Waals surface area contributed by atoms with Crippen molar-refractivity contribution in [3.63, 3.8) is 0 Å². The molecule has 0 saturated heterocycles. The first kappa shape index (κ1) is 19.1. The number of carbonyl (C=O) groups is 1. The summed E-state index contributed by atoms with van der Waals surface area (Å²) in [6, 6.07) is 14.4. The number of amides is 1. The molecule has 0 fully saturated rings. The van der Waals surface area contributed by atoms with Gasteiger partial charge in [-0.05, 0) is 23.3 Å². The highest BCUT2D eigenvalue weighted by molar-refractivity contribution is 7.90. The molecule has 1 aliphatic rings. The Bertz CT molecular complexity index is 953. The third kappa shape index (κ3) is 4.72. The van der Waals surface area contributed by atoms with Crippen molar-refractivity contribution in [1.29, 1.82) is 0 Å². The number of ether oxygens (including phenoxy) is 1. The monoisotopic (exact) mass is 387 g/mol. The zero-order chi connectivity index (χ0) is 19.3. The lowest BCUT2D eigenvalue weighted by molar-refractivity contribution is -0.121. The average molecular weight is 387 g/mol. The Balaban J connectivity index is 1.51. The Morgan fingerprint density at radius 2 is 1.81 bits per heavy atom. The van der Waals surface area contributed by atoms with E-state index in [0.717, 1.165) is 11.1 Å². The molecule has 0 bridgehead atoms. The van der Waals surface area contributed by atoms with Crippen molar-refractivity contribution in [2.45, 2.75) is 24.5 Å². The SMILES string of the molecule is COCc1ccc(CNC(=O)CCN=C2NS(=O)(=O)c3ccccc32)cc1. The molecule has 2 aromatic carbocycles. The maximum Gasteiger partial charge on any atom is 0.263 e. The highest BCUT2D eigenvalue weighted by Gasteiger charge is 2.29. The molecule has 2 N–H and O–H groups in total. The van der Waals surface area contributed by atoms with Crippen LogP contribution in [0.4, 0.5) is 0 Å². The van der Waals surface area contributed by atoms with E-state index in [1.807, 2.05) is 24.3 Å². The fourth-order valence-electron chi connectivity index (χ4n) is 2.73. The van der Waals surface area contributed by atoms with Gasteiger partial charge in [-0.15, -0.1) is 0 Å². The third-order valence-electron chi connectivity index (χ3n) is 4.10. The fraction of sp³-hybridized carbons (Fsp3) is 0.263. The number of carbonyl (C=O) groups excluding carboxylic acids is 1. The molecule has 0 aliphatic carbocycles. The van der Waals surface area contributed by atoms with Crippen LogP contribution in [-0.2, 0) is 32.7 Å². The van der Waals surface area contributed by atoms with E-state index in [0.29, 0.717) is 18.7 Å². The van der Waals surface area contributed by atoms with Crippen LogP contribution < -0.4 is 10.0 Å². The standard InChI is InChI=1S/C19H21N3O4S/c1-26-13-15-8-6-14(7-9-15)12-21-18(23)10-11-20-19-16-4-2-3-5-17(16)27(24,25)22-19/h2-9H,10-13H2,1H3,(H,20,22)(H,21,23). The van der Waals surface area contributed by atoms with Gasteiger partial charge in [-0.2, -0.15) is 0 Å². The molecule has 2 aromatic rings. The first-order valence-corrected chi connectivity index (χ1v) is 9.98. The lowest BCUT2D eigenvalue weighted by Crippen LogP contribution is -2.25. The summed E-state index contributed by atoms with van der Waals surface area (Å²) in [5, 5.41) is 2.83. The number of rotatable bonds is 7. The Kier molecular flexibility index (Phi) is 5.88. The normalized spacial score (nSPS) is 16.0. The third-order valence-corrected chi connectivity index (χ3v) is 5.49. The van der Waals surface area contributed by atoms with Gasteiger partial charge in [0.05, 0.1) is 18.0 Å². The lowest BCUT2D eigenvalue weighted by Gasteiger charge is -2.06. The van der Waals surface area contributed by atoms with E-state index in [1.54, 1.807) is 25.3 Å². The number of fused-ring (bicyclic) bond motifs is 1. The maximum absolute atomic E-state index is 12.0. The van der Waals surface area contributed by atoms with Crippen molar-refractivity contribution in [1.82, 2.24) is 10.0 Å².